The third-order valence-corrected chi connectivity index (χ3v) is 6.80. The molecule has 0 spiro atoms. The zero-order valence-electron chi connectivity index (χ0n) is 23.0. The van der Waals surface area contributed by atoms with Gasteiger partial charge in [-0.25, -0.2) is 9.18 Å². The van der Waals surface area contributed by atoms with E-state index in [0.717, 1.165) is 18.4 Å². The number of allylic oxidation sites excluding steroid dienone is 1. The molecule has 0 radical (unpaired) electrons. The van der Waals surface area contributed by atoms with E-state index in [1.54, 1.807) is 78.9 Å². The molecule has 4 aromatic rings. The number of ether oxygens (including phenoxy) is 4. The van der Waals surface area contributed by atoms with Gasteiger partial charge in [0.1, 0.15) is 47.1 Å². The zero-order valence-corrected chi connectivity index (χ0v) is 23.0. The first-order valence-electron chi connectivity index (χ1n) is 13.6. The fraction of sp³-hybridized carbons (Fsp3) is 0.176. The van der Waals surface area contributed by atoms with Crippen LogP contribution in [-0.4, -0.2) is 12.6 Å². The van der Waals surface area contributed by atoms with Gasteiger partial charge in [-0.05, 0) is 60.5 Å². The Bertz CT molecular complexity index is 1660. The van der Waals surface area contributed by atoms with Crippen LogP contribution in [0.5, 0.6) is 23.0 Å². The normalized spacial score (nSPS) is 13.9. The molecule has 8 heteroatoms. The monoisotopic (exact) mass is 564 g/mol. The second-order valence-electron chi connectivity index (χ2n) is 9.69. The maximum atomic E-state index is 14.1. The van der Waals surface area contributed by atoms with Gasteiger partial charge >= 0.3 is 5.97 Å². The van der Waals surface area contributed by atoms with Gasteiger partial charge in [-0.3, -0.25) is 0 Å². The molecule has 0 saturated heterocycles. The molecule has 0 saturated carbocycles. The topological polar surface area (TPSA) is 104 Å². The van der Waals surface area contributed by atoms with Crippen molar-refractivity contribution in [2.45, 2.75) is 32.3 Å². The number of nitriles is 1. The summed E-state index contributed by atoms with van der Waals surface area (Å²) >= 11 is 0. The highest BCUT2D eigenvalue weighted by Crippen LogP contribution is 2.44. The van der Waals surface area contributed by atoms with Crippen LogP contribution >= 0.6 is 0 Å². The van der Waals surface area contributed by atoms with Crippen molar-refractivity contribution in [2.24, 2.45) is 5.73 Å². The molecule has 1 aliphatic rings. The first-order valence-corrected chi connectivity index (χ1v) is 13.6. The zero-order chi connectivity index (χ0) is 29.5. The summed E-state index contributed by atoms with van der Waals surface area (Å²) < 4.78 is 37.0. The molecule has 1 atom stereocenters. The summed E-state index contributed by atoms with van der Waals surface area (Å²) in [6.45, 7) is 2.76. The molecule has 0 fully saturated rings. The van der Waals surface area contributed by atoms with E-state index in [-0.39, 0.29) is 29.6 Å². The van der Waals surface area contributed by atoms with Gasteiger partial charge in [0, 0.05) is 17.2 Å². The van der Waals surface area contributed by atoms with Gasteiger partial charge in [-0.15, -0.1) is 0 Å². The number of halogens is 1. The predicted molar refractivity (Wildman–Crippen MR) is 155 cm³/mol. The molecule has 5 rings (SSSR count). The average molecular weight is 565 g/mol. The Morgan fingerprint density at radius 2 is 1.74 bits per heavy atom. The number of rotatable bonds is 10. The largest absolute Gasteiger partial charge is 0.494 e. The van der Waals surface area contributed by atoms with Crippen LogP contribution in [-0.2, 0) is 6.61 Å². The third-order valence-electron chi connectivity index (χ3n) is 6.80. The first-order chi connectivity index (χ1) is 20.5. The molecule has 0 aromatic heterocycles. The van der Waals surface area contributed by atoms with E-state index in [1.807, 2.05) is 6.07 Å². The Hall–Kier alpha value is -5.29. The SMILES string of the molecule is CCCCOc1ccc(C(=O)Oc2ccc3c(c2)OC(N)=C(C#N)C3c2cccc(OCc3ccccc3F)c2)cc1. The van der Waals surface area contributed by atoms with Gasteiger partial charge < -0.3 is 24.7 Å². The highest BCUT2D eigenvalue weighted by Gasteiger charge is 2.31. The second-order valence-corrected chi connectivity index (χ2v) is 9.69. The molecule has 0 bridgehead atoms. The van der Waals surface area contributed by atoms with E-state index in [2.05, 4.69) is 13.0 Å². The molecule has 2 N–H and O–H groups in total. The molecule has 7 nitrogen and oxygen atoms in total. The summed E-state index contributed by atoms with van der Waals surface area (Å²) in [6.07, 6.45) is 1.99. The lowest BCUT2D eigenvalue weighted by Gasteiger charge is -2.27. The van der Waals surface area contributed by atoms with Crippen LogP contribution in [0.2, 0.25) is 0 Å². The van der Waals surface area contributed by atoms with Crippen LogP contribution in [0.3, 0.4) is 0 Å². The van der Waals surface area contributed by atoms with Crippen LogP contribution in [0.25, 0.3) is 0 Å². The van der Waals surface area contributed by atoms with Crippen molar-refractivity contribution in [1.82, 2.24) is 0 Å². The van der Waals surface area contributed by atoms with E-state index < -0.39 is 11.9 Å². The summed E-state index contributed by atoms with van der Waals surface area (Å²) in [4.78, 5) is 12.8. The lowest BCUT2D eigenvalue weighted by Crippen LogP contribution is -2.21. The molecule has 212 valence electrons. The van der Waals surface area contributed by atoms with E-state index >= 15 is 0 Å². The van der Waals surface area contributed by atoms with Crippen LogP contribution in [0.15, 0.2) is 102 Å². The molecule has 1 heterocycles. The Morgan fingerprint density at radius 3 is 2.50 bits per heavy atom. The average Bonchev–Trinajstić information content (AvgIpc) is 3.00. The predicted octanol–water partition coefficient (Wildman–Crippen LogP) is 7.02. The first kappa shape index (κ1) is 28.2. The summed E-state index contributed by atoms with van der Waals surface area (Å²) in [6, 6.07) is 27.5. The number of esters is 1. The number of carbonyl (C=O) groups is 1. The molecule has 42 heavy (non-hydrogen) atoms. The van der Waals surface area contributed by atoms with E-state index in [4.69, 9.17) is 24.7 Å². The lowest BCUT2D eigenvalue weighted by molar-refractivity contribution is 0.0734. The number of carbonyl (C=O) groups excluding carboxylic acids is 1. The van der Waals surface area contributed by atoms with E-state index in [9.17, 15) is 14.4 Å². The van der Waals surface area contributed by atoms with Crippen molar-refractivity contribution in [2.75, 3.05) is 6.61 Å². The minimum absolute atomic E-state index is 0.0465. The number of unbranched alkanes of at least 4 members (excludes halogenated alkanes) is 1. The molecule has 1 unspecified atom stereocenters. The maximum Gasteiger partial charge on any atom is 0.343 e. The van der Waals surface area contributed by atoms with E-state index in [1.165, 1.54) is 6.07 Å². The standard InChI is InChI=1S/C34H29FN2O5/c1-2-3-17-39-25-13-11-22(12-14-25)34(38)41-27-15-16-28-31(19-27)42-33(37)29(20-36)32(28)23-8-6-9-26(18-23)40-21-24-7-4-5-10-30(24)35/h4-16,18-19,32H,2-3,17,21,37H2,1H3. The third kappa shape index (κ3) is 6.37. The molecule has 0 amide bonds. The molecular formula is C34H29FN2O5. The minimum Gasteiger partial charge on any atom is -0.494 e. The number of fused-ring (bicyclic) bond motifs is 1. The Balaban J connectivity index is 1.35. The van der Waals surface area contributed by atoms with Crippen molar-refractivity contribution in [3.05, 3.63) is 131 Å². The van der Waals surface area contributed by atoms with E-state index in [0.29, 0.717) is 40.5 Å². The Kier molecular flexibility index (Phi) is 8.69. The van der Waals surface area contributed by atoms with Crippen molar-refractivity contribution < 1.29 is 28.1 Å². The number of benzene rings is 4. The van der Waals surface area contributed by atoms with Gasteiger partial charge in [-0.2, -0.15) is 5.26 Å². The Morgan fingerprint density at radius 1 is 0.952 bits per heavy atom. The molecular weight excluding hydrogens is 535 g/mol. The number of hydrogen-bond donors (Lipinski definition) is 1. The number of nitrogens with two attached hydrogens (primary N) is 1. The fourth-order valence-electron chi connectivity index (χ4n) is 4.59. The summed E-state index contributed by atoms with van der Waals surface area (Å²) in [5, 5.41) is 9.93. The van der Waals surface area contributed by atoms with Crippen molar-refractivity contribution in [3.63, 3.8) is 0 Å². The lowest BCUT2D eigenvalue weighted by atomic mass is 9.83. The fourth-order valence-corrected chi connectivity index (χ4v) is 4.59. The number of hydrogen-bond acceptors (Lipinski definition) is 7. The van der Waals surface area contributed by atoms with Crippen LogP contribution in [0, 0.1) is 17.1 Å². The second kappa shape index (κ2) is 12.9. The van der Waals surface area contributed by atoms with Gasteiger partial charge in [0.05, 0.1) is 18.1 Å². The van der Waals surface area contributed by atoms with Crippen molar-refractivity contribution >= 4 is 5.97 Å². The van der Waals surface area contributed by atoms with Gasteiger partial charge in [0.25, 0.3) is 0 Å². The smallest absolute Gasteiger partial charge is 0.343 e. The van der Waals surface area contributed by atoms with Crippen LogP contribution in [0.4, 0.5) is 4.39 Å². The quantitative estimate of drug-likeness (QED) is 0.125. The summed E-state index contributed by atoms with van der Waals surface area (Å²) in [5.41, 5.74) is 8.60. The van der Waals surface area contributed by atoms with Gasteiger partial charge in [0.2, 0.25) is 5.88 Å². The van der Waals surface area contributed by atoms with Crippen molar-refractivity contribution in [1.29, 1.82) is 5.26 Å². The minimum atomic E-state index is -0.555. The van der Waals surface area contributed by atoms with Crippen molar-refractivity contribution in [3.8, 4) is 29.1 Å². The highest BCUT2D eigenvalue weighted by atomic mass is 19.1. The molecule has 4 aromatic carbocycles. The molecule has 0 aliphatic carbocycles. The number of nitrogens with zero attached hydrogens (tertiary/aromatic N) is 1. The van der Waals surface area contributed by atoms with Crippen LogP contribution < -0.4 is 24.7 Å². The van der Waals surface area contributed by atoms with Gasteiger partial charge in [-0.1, -0.05) is 49.7 Å². The molecule has 1 aliphatic heterocycles. The Labute approximate surface area is 243 Å². The highest BCUT2D eigenvalue weighted by molar-refractivity contribution is 5.91. The van der Waals surface area contributed by atoms with Gasteiger partial charge in [0.15, 0.2) is 0 Å². The summed E-state index contributed by atoms with van der Waals surface area (Å²) in [5.74, 6) is 0.325. The maximum absolute atomic E-state index is 14.1. The van der Waals surface area contributed by atoms with Crippen LogP contribution in [0.1, 0.15) is 52.7 Å². The summed E-state index contributed by atoms with van der Waals surface area (Å²) in [7, 11) is 0.